The number of nitrogens with zero attached hydrogens (tertiary/aromatic N) is 2. The summed E-state index contributed by atoms with van der Waals surface area (Å²) in [7, 11) is -0.745. The van der Waals surface area contributed by atoms with E-state index in [0.29, 0.717) is 29.6 Å². The molecular weight excluding hydrogens is 346 g/mol. The highest BCUT2D eigenvalue weighted by Gasteiger charge is 2.22. The first-order chi connectivity index (χ1) is 11.7. The van der Waals surface area contributed by atoms with E-state index in [2.05, 4.69) is 14.9 Å². The lowest BCUT2D eigenvalue weighted by molar-refractivity contribution is 0.318. The number of hydrogen-bond acceptors (Lipinski definition) is 7. The van der Waals surface area contributed by atoms with E-state index in [-0.39, 0.29) is 16.9 Å². The van der Waals surface area contributed by atoms with Gasteiger partial charge in [-0.05, 0) is 12.1 Å². The molecule has 1 heterocycles. The predicted octanol–water partition coefficient (Wildman–Crippen LogP) is 1.91. The fourth-order valence-electron chi connectivity index (χ4n) is 2.02. The van der Waals surface area contributed by atoms with E-state index >= 15 is 0 Å². The fraction of sp³-hybridized carbons (Fsp3) is 0.500. The number of sulfonamides is 1. The molecule has 0 fully saturated rings. The molecule has 0 bridgehead atoms. The van der Waals surface area contributed by atoms with E-state index in [0.717, 1.165) is 0 Å². The Morgan fingerprint density at radius 3 is 2.40 bits per heavy atom. The van der Waals surface area contributed by atoms with Gasteiger partial charge in [-0.15, -0.1) is 0 Å². The number of methoxy groups -OCH3 is 2. The van der Waals surface area contributed by atoms with Crippen molar-refractivity contribution in [2.45, 2.75) is 37.5 Å². The van der Waals surface area contributed by atoms with E-state index < -0.39 is 10.0 Å². The fourth-order valence-corrected chi connectivity index (χ4v) is 3.07. The Hall–Kier alpha value is -2.13. The summed E-state index contributed by atoms with van der Waals surface area (Å²) in [6, 6.07) is 4.41. The van der Waals surface area contributed by atoms with Crippen LogP contribution >= 0.6 is 0 Å². The summed E-state index contributed by atoms with van der Waals surface area (Å²) in [5.74, 6) is 1.78. The molecule has 0 amide bonds. The zero-order valence-corrected chi connectivity index (χ0v) is 15.8. The third kappa shape index (κ3) is 4.70. The van der Waals surface area contributed by atoms with E-state index in [1.165, 1.54) is 26.4 Å². The first kappa shape index (κ1) is 19.2. The minimum atomic E-state index is -3.68. The molecule has 0 saturated carbocycles. The van der Waals surface area contributed by atoms with Crippen molar-refractivity contribution in [1.29, 1.82) is 0 Å². The van der Waals surface area contributed by atoms with Gasteiger partial charge in [0.25, 0.3) is 0 Å². The van der Waals surface area contributed by atoms with Gasteiger partial charge in [0.15, 0.2) is 17.3 Å². The lowest BCUT2D eigenvalue weighted by Gasteiger charge is -2.11. The molecule has 25 heavy (non-hydrogen) atoms. The Morgan fingerprint density at radius 1 is 1.16 bits per heavy atom. The molecule has 138 valence electrons. The minimum absolute atomic E-state index is 0.0913. The maximum absolute atomic E-state index is 12.4. The highest BCUT2D eigenvalue weighted by Crippen LogP contribution is 2.29. The SMILES string of the molecule is COc1ccc(S(=O)(=O)NCCc2noc(C(C)(C)C)n2)cc1OC. The Labute approximate surface area is 147 Å². The van der Waals surface area contributed by atoms with Gasteiger partial charge in [0, 0.05) is 24.4 Å². The average molecular weight is 369 g/mol. The topological polar surface area (TPSA) is 104 Å². The smallest absolute Gasteiger partial charge is 0.240 e. The number of hydrogen-bond donors (Lipinski definition) is 1. The van der Waals surface area contributed by atoms with Crippen LogP contribution in [0.5, 0.6) is 11.5 Å². The van der Waals surface area contributed by atoms with Crippen molar-refractivity contribution in [1.82, 2.24) is 14.9 Å². The molecular formula is C16H23N3O5S. The van der Waals surface area contributed by atoms with Gasteiger partial charge in [-0.2, -0.15) is 4.98 Å². The van der Waals surface area contributed by atoms with Gasteiger partial charge < -0.3 is 14.0 Å². The van der Waals surface area contributed by atoms with Crippen LogP contribution in [0.1, 0.15) is 32.5 Å². The van der Waals surface area contributed by atoms with Crippen LogP contribution in [-0.2, 0) is 21.9 Å². The van der Waals surface area contributed by atoms with Crippen LogP contribution < -0.4 is 14.2 Å². The molecule has 1 aromatic heterocycles. The first-order valence-electron chi connectivity index (χ1n) is 7.72. The van der Waals surface area contributed by atoms with Crippen molar-refractivity contribution in [3.63, 3.8) is 0 Å². The van der Waals surface area contributed by atoms with Gasteiger partial charge in [0.1, 0.15) is 0 Å². The predicted molar refractivity (Wildman–Crippen MR) is 91.4 cm³/mol. The highest BCUT2D eigenvalue weighted by molar-refractivity contribution is 7.89. The molecule has 0 aliphatic heterocycles. The van der Waals surface area contributed by atoms with Gasteiger partial charge in [-0.3, -0.25) is 0 Å². The highest BCUT2D eigenvalue weighted by atomic mass is 32.2. The van der Waals surface area contributed by atoms with Crippen molar-refractivity contribution >= 4 is 10.0 Å². The number of nitrogens with one attached hydrogen (secondary N) is 1. The Balaban J connectivity index is 2.03. The standard InChI is InChI=1S/C16H23N3O5S/c1-16(2,3)15-18-14(19-24-15)8-9-17-25(20,21)11-6-7-12(22-4)13(10-11)23-5/h6-7,10,17H,8-9H2,1-5H3. The van der Waals surface area contributed by atoms with Gasteiger partial charge in [-0.1, -0.05) is 25.9 Å². The van der Waals surface area contributed by atoms with E-state index in [4.69, 9.17) is 14.0 Å². The quantitative estimate of drug-likeness (QED) is 0.795. The van der Waals surface area contributed by atoms with Crippen LogP contribution in [-0.4, -0.2) is 39.3 Å². The maximum atomic E-state index is 12.4. The third-order valence-corrected chi connectivity index (χ3v) is 4.87. The Morgan fingerprint density at radius 2 is 1.84 bits per heavy atom. The van der Waals surface area contributed by atoms with Crippen molar-refractivity contribution < 1.29 is 22.4 Å². The summed E-state index contributed by atoms with van der Waals surface area (Å²) in [4.78, 5) is 4.37. The molecule has 0 radical (unpaired) electrons. The molecule has 0 atom stereocenters. The normalized spacial score (nSPS) is 12.2. The molecule has 0 saturated heterocycles. The van der Waals surface area contributed by atoms with Crippen molar-refractivity contribution in [2.24, 2.45) is 0 Å². The molecule has 2 aromatic rings. The van der Waals surface area contributed by atoms with E-state index in [1.807, 2.05) is 20.8 Å². The van der Waals surface area contributed by atoms with Crippen LogP contribution in [0.3, 0.4) is 0 Å². The van der Waals surface area contributed by atoms with Crippen LogP contribution in [0.25, 0.3) is 0 Å². The van der Waals surface area contributed by atoms with Crippen LogP contribution in [0, 0.1) is 0 Å². The van der Waals surface area contributed by atoms with E-state index in [9.17, 15) is 8.42 Å². The van der Waals surface area contributed by atoms with Gasteiger partial charge in [-0.25, -0.2) is 13.1 Å². The summed E-state index contributed by atoms with van der Waals surface area (Å²) in [6.45, 7) is 6.04. The average Bonchev–Trinajstić information content (AvgIpc) is 3.03. The lowest BCUT2D eigenvalue weighted by Crippen LogP contribution is -2.26. The third-order valence-electron chi connectivity index (χ3n) is 3.42. The Bertz CT molecular complexity index is 825. The van der Waals surface area contributed by atoms with Gasteiger partial charge in [0.05, 0.1) is 19.1 Å². The monoisotopic (exact) mass is 369 g/mol. The molecule has 0 unspecified atom stereocenters. The Kier molecular flexibility index (Phi) is 5.69. The number of ether oxygens (including phenoxy) is 2. The first-order valence-corrected chi connectivity index (χ1v) is 9.20. The molecule has 2 rings (SSSR count). The summed E-state index contributed by atoms with van der Waals surface area (Å²) in [5, 5.41) is 3.87. The summed E-state index contributed by atoms with van der Waals surface area (Å²) in [6.07, 6.45) is 0.325. The van der Waals surface area contributed by atoms with Gasteiger partial charge in [0.2, 0.25) is 15.9 Å². The van der Waals surface area contributed by atoms with Crippen LogP contribution in [0.2, 0.25) is 0 Å². The number of aromatic nitrogens is 2. The maximum Gasteiger partial charge on any atom is 0.240 e. The second kappa shape index (κ2) is 7.40. The zero-order chi connectivity index (χ0) is 18.7. The number of benzene rings is 1. The molecule has 0 spiro atoms. The largest absolute Gasteiger partial charge is 0.493 e. The molecule has 1 aromatic carbocycles. The molecule has 9 heteroatoms. The molecule has 8 nitrogen and oxygen atoms in total. The van der Waals surface area contributed by atoms with Crippen LogP contribution in [0.15, 0.2) is 27.6 Å². The zero-order valence-electron chi connectivity index (χ0n) is 15.0. The minimum Gasteiger partial charge on any atom is -0.493 e. The second-order valence-electron chi connectivity index (χ2n) is 6.43. The number of rotatable bonds is 7. The molecule has 0 aliphatic carbocycles. The summed E-state index contributed by atoms with van der Waals surface area (Å²) in [5.41, 5.74) is -0.246. The van der Waals surface area contributed by atoms with Gasteiger partial charge >= 0.3 is 0 Å². The van der Waals surface area contributed by atoms with Crippen LogP contribution in [0.4, 0.5) is 0 Å². The summed E-state index contributed by atoms with van der Waals surface area (Å²) >= 11 is 0. The summed E-state index contributed by atoms with van der Waals surface area (Å²) < 4.78 is 42.7. The molecule has 0 aliphatic rings. The van der Waals surface area contributed by atoms with E-state index in [1.54, 1.807) is 6.07 Å². The lowest BCUT2D eigenvalue weighted by atomic mass is 9.97. The van der Waals surface area contributed by atoms with Crippen molar-refractivity contribution in [2.75, 3.05) is 20.8 Å². The van der Waals surface area contributed by atoms with Crippen molar-refractivity contribution in [3.05, 3.63) is 29.9 Å². The second-order valence-corrected chi connectivity index (χ2v) is 8.20. The van der Waals surface area contributed by atoms with Crippen molar-refractivity contribution in [3.8, 4) is 11.5 Å². The molecule has 1 N–H and O–H groups in total.